The summed E-state index contributed by atoms with van der Waals surface area (Å²) in [5.74, 6) is -0.519. The van der Waals surface area contributed by atoms with Crippen molar-refractivity contribution in [2.75, 3.05) is 19.5 Å². The van der Waals surface area contributed by atoms with Gasteiger partial charge in [0.15, 0.2) is 14.6 Å². The SMILES string of the molecule is COCCn1c(=NC(=O)CCCS(=O)(=O)c2ccccc2)sc2c(Cl)ccc(Cl)c21. The summed E-state index contributed by atoms with van der Waals surface area (Å²) in [6.45, 7) is 0.858. The van der Waals surface area contributed by atoms with Crippen molar-refractivity contribution in [3.05, 3.63) is 57.3 Å². The number of ether oxygens (including phenoxy) is 1. The smallest absolute Gasteiger partial charge is 0.248 e. The van der Waals surface area contributed by atoms with E-state index in [1.165, 1.54) is 11.3 Å². The number of methoxy groups -OCH3 is 1. The van der Waals surface area contributed by atoms with E-state index < -0.39 is 15.7 Å². The van der Waals surface area contributed by atoms with E-state index in [0.29, 0.717) is 33.5 Å². The summed E-state index contributed by atoms with van der Waals surface area (Å²) in [4.78, 5) is 17.3. The highest BCUT2D eigenvalue weighted by Crippen LogP contribution is 2.31. The molecule has 0 saturated carbocycles. The van der Waals surface area contributed by atoms with Gasteiger partial charge in [0.05, 0.1) is 37.5 Å². The fourth-order valence-electron chi connectivity index (χ4n) is 2.91. The maximum absolute atomic E-state index is 12.4. The zero-order valence-corrected chi connectivity index (χ0v) is 19.3. The van der Waals surface area contributed by atoms with Crippen LogP contribution in [0.4, 0.5) is 0 Å². The van der Waals surface area contributed by atoms with Crippen LogP contribution in [0.5, 0.6) is 0 Å². The van der Waals surface area contributed by atoms with Gasteiger partial charge >= 0.3 is 0 Å². The number of hydrogen-bond acceptors (Lipinski definition) is 5. The van der Waals surface area contributed by atoms with Crippen LogP contribution in [0.1, 0.15) is 12.8 Å². The normalized spacial score (nSPS) is 12.6. The number of benzene rings is 2. The van der Waals surface area contributed by atoms with Crippen LogP contribution in [0.25, 0.3) is 10.2 Å². The molecule has 1 heterocycles. The summed E-state index contributed by atoms with van der Waals surface area (Å²) in [5.41, 5.74) is 0.699. The first-order valence-electron chi connectivity index (χ1n) is 9.15. The third-order valence-electron chi connectivity index (χ3n) is 4.37. The highest BCUT2D eigenvalue weighted by atomic mass is 35.5. The van der Waals surface area contributed by atoms with Gasteiger partial charge in [-0.2, -0.15) is 4.99 Å². The molecule has 3 rings (SSSR count). The number of fused-ring (bicyclic) bond motifs is 1. The van der Waals surface area contributed by atoms with Crippen LogP contribution in [0.15, 0.2) is 52.4 Å². The molecule has 0 radical (unpaired) electrons. The zero-order chi connectivity index (χ0) is 21.7. The van der Waals surface area contributed by atoms with E-state index in [4.69, 9.17) is 27.9 Å². The predicted octanol–water partition coefficient (Wildman–Crippen LogP) is 4.34. The monoisotopic (exact) mass is 486 g/mol. The fourth-order valence-corrected chi connectivity index (χ4v) is 5.93. The number of rotatable bonds is 8. The van der Waals surface area contributed by atoms with E-state index in [1.807, 2.05) is 0 Å². The number of carbonyl (C=O) groups excluding carboxylic acids is 1. The molecule has 0 unspecified atom stereocenters. The summed E-state index contributed by atoms with van der Waals surface area (Å²) in [7, 11) is -1.85. The highest BCUT2D eigenvalue weighted by molar-refractivity contribution is 7.91. The van der Waals surface area contributed by atoms with Crippen molar-refractivity contribution in [2.24, 2.45) is 4.99 Å². The maximum atomic E-state index is 12.4. The Labute approximate surface area is 188 Å². The molecule has 10 heteroatoms. The van der Waals surface area contributed by atoms with E-state index >= 15 is 0 Å². The Morgan fingerprint density at radius 2 is 1.83 bits per heavy atom. The van der Waals surface area contributed by atoms with Gasteiger partial charge in [0, 0.05) is 20.1 Å². The minimum Gasteiger partial charge on any atom is -0.383 e. The third kappa shape index (κ3) is 5.31. The van der Waals surface area contributed by atoms with Crippen molar-refractivity contribution in [3.8, 4) is 0 Å². The van der Waals surface area contributed by atoms with Gasteiger partial charge in [-0.3, -0.25) is 4.79 Å². The Morgan fingerprint density at radius 3 is 2.53 bits per heavy atom. The summed E-state index contributed by atoms with van der Waals surface area (Å²) >= 11 is 13.9. The van der Waals surface area contributed by atoms with Gasteiger partial charge in [-0.15, -0.1) is 0 Å². The number of hydrogen-bond donors (Lipinski definition) is 0. The van der Waals surface area contributed by atoms with E-state index in [0.717, 1.165) is 4.70 Å². The molecule has 0 fully saturated rings. The van der Waals surface area contributed by atoms with Crippen molar-refractivity contribution in [2.45, 2.75) is 24.3 Å². The van der Waals surface area contributed by atoms with Gasteiger partial charge in [0.1, 0.15) is 0 Å². The highest BCUT2D eigenvalue weighted by Gasteiger charge is 2.16. The van der Waals surface area contributed by atoms with Crippen LogP contribution < -0.4 is 4.80 Å². The van der Waals surface area contributed by atoms with Crippen LogP contribution in [0.3, 0.4) is 0 Å². The number of thiazole rings is 1. The van der Waals surface area contributed by atoms with Crippen LogP contribution in [-0.2, 0) is 25.9 Å². The molecule has 0 spiro atoms. The molecule has 160 valence electrons. The molecule has 3 aromatic rings. The first-order valence-corrected chi connectivity index (χ1v) is 12.4. The Morgan fingerprint density at radius 1 is 1.13 bits per heavy atom. The Bertz CT molecular complexity index is 1220. The number of halogens is 2. The number of sulfone groups is 1. The summed E-state index contributed by atoms with van der Waals surface area (Å²) in [6.07, 6.45) is 0.204. The first-order chi connectivity index (χ1) is 14.3. The molecule has 2 aromatic carbocycles. The summed E-state index contributed by atoms with van der Waals surface area (Å²) < 4.78 is 32.4. The van der Waals surface area contributed by atoms with Crippen LogP contribution in [-0.4, -0.2) is 38.4 Å². The molecule has 0 N–H and O–H groups in total. The molecule has 30 heavy (non-hydrogen) atoms. The standard InChI is InChI=1S/C20H20Cl2N2O4S2/c1-28-12-11-24-18-15(21)9-10-16(22)19(18)29-20(24)23-17(25)8-5-13-30(26,27)14-6-3-2-4-7-14/h2-4,6-7,9-10H,5,8,11-13H2,1H3. The van der Waals surface area contributed by atoms with Crippen LogP contribution in [0.2, 0.25) is 10.0 Å². The molecule has 0 aliphatic rings. The second-order valence-corrected chi connectivity index (χ2v) is 10.4. The van der Waals surface area contributed by atoms with Crippen molar-refractivity contribution >= 4 is 60.5 Å². The first kappa shape index (κ1) is 23.0. The average Bonchev–Trinajstić information content (AvgIpc) is 3.09. The number of aromatic nitrogens is 1. The quantitative estimate of drug-likeness (QED) is 0.474. The van der Waals surface area contributed by atoms with Gasteiger partial charge in [-0.05, 0) is 30.7 Å². The Balaban J connectivity index is 1.81. The molecule has 0 aliphatic carbocycles. The molecule has 1 aromatic heterocycles. The summed E-state index contributed by atoms with van der Waals surface area (Å²) in [5, 5.41) is 1.03. The van der Waals surface area contributed by atoms with E-state index in [2.05, 4.69) is 4.99 Å². The lowest BCUT2D eigenvalue weighted by atomic mass is 10.3. The molecule has 6 nitrogen and oxygen atoms in total. The van der Waals surface area contributed by atoms with Gasteiger partial charge in [-0.25, -0.2) is 8.42 Å². The molecule has 0 saturated heterocycles. The van der Waals surface area contributed by atoms with E-state index in [-0.39, 0.29) is 23.5 Å². The minimum atomic E-state index is -3.43. The zero-order valence-electron chi connectivity index (χ0n) is 16.2. The van der Waals surface area contributed by atoms with Crippen molar-refractivity contribution in [1.82, 2.24) is 4.57 Å². The fraction of sp³-hybridized carbons (Fsp3) is 0.300. The Kier molecular flexibility index (Phi) is 7.70. The van der Waals surface area contributed by atoms with Gasteiger partial charge in [-0.1, -0.05) is 52.7 Å². The largest absolute Gasteiger partial charge is 0.383 e. The van der Waals surface area contributed by atoms with Crippen molar-refractivity contribution in [3.63, 3.8) is 0 Å². The molecule has 0 bridgehead atoms. The van der Waals surface area contributed by atoms with Gasteiger partial charge < -0.3 is 9.30 Å². The van der Waals surface area contributed by atoms with Gasteiger partial charge in [0.25, 0.3) is 0 Å². The predicted molar refractivity (Wildman–Crippen MR) is 120 cm³/mol. The van der Waals surface area contributed by atoms with Crippen LogP contribution in [0, 0.1) is 0 Å². The average molecular weight is 487 g/mol. The maximum Gasteiger partial charge on any atom is 0.248 e. The second-order valence-electron chi connectivity index (χ2n) is 6.48. The number of nitrogens with zero attached hydrogens (tertiary/aromatic N) is 2. The van der Waals surface area contributed by atoms with Crippen LogP contribution >= 0.6 is 34.5 Å². The molecule has 0 atom stereocenters. The second kappa shape index (κ2) is 10.1. The molecular weight excluding hydrogens is 467 g/mol. The van der Waals surface area contributed by atoms with E-state index in [1.54, 1.807) is 54.1 Å². The lowest BCUT2D eigenvalue weighted by Crippen LogP contribution is -2.19. The van der Waals surface area contributed by atoms with Gasteiger partial charge in [0.2, 0.25) is 5.91 Å². The molecule has 1 amide bonds. The minimum absolute atomic E-state index is 0.0199. The third-order valence-corrected chi connectivity index (χ3v) is 8.03. The summed E-state index contributed by atoms with van der Waals surface area (Å²) in [6, 6.07) is 11.6. The van der Waals surface area contributed by atoms with E-state index in [9.17, 15) is 13.2 Å². The number of amides is 1. The molecule has 0 aliphatic heterocycles. The van der Waals surface area contributed by atoms with Crippen molar-refractivity contribution in [1.29, 1.82) is 0 Å². The number of carbonyl (C=O) groups is 1. The molecular formula is C20H20Cl2N2O4S2. The Hall–Kier alpha value is -1.71. The lowest BCUT2D eigenvalue weighted by molar-refractivity contribution is -0.118. The van der Waals surface area contributed by atoms with Crippen molar-refractivity contribution < 1.29 is 17.9 Å². The topological polar surface area (TPSA) is 77.7 Å². The lowest BCUT2D eigenvalue weighted by Gasteiger charge is -2.06.